The van der Waals surface area contributed by atoms with E-state index in [1.807, 2.05) is 0 Å². The zero-order chi connectivity index (χ0) is 19.5. The first-order valence-electron chi connectivity index (χ1n) is 10.3. The summed E-state index contributed by atoms with van der Waals surface area (Å²) in [4.78, 5) is 9.97. The third-order valence-electron chi connectivity index (χ3n) is 5.73. The third-order valence-corrected chi connectivity index (χ3v) is 5.73. The van der Waals surface area contributed by atoms with E-state index in [2.05, 4.69) is 101 Å². The molecule has 1 saturated heterocycles. The van der Waals surface area contributed by atoms with Crippen LogP contribution in [0.1, 0.15) is 5.56 Å². The number of rotatable bonds is 4. The van der Waals surface area contributed by atoms with Gasteiger partial charge in [-0.3, -0.25) is 4.90 Å². The number of anilines is 1. The lowest BCUT2D eigenvalue weighted by molar-refractivity contribution is 0.249. The van der Waals surface area contributed by atoms with Gasteiger partial charge in [0.25, 0.3) is 0 Å². The highest BCUT2D eigenvalue weighted by molar-refractivity contribution is 5.96. The van der Waals surface area contributed by atoms with Crippen molar-refractivity contribution in [3.05, 3.63) is 96.6 Å². The Hall–Kier alpha value is -3.17. The van der Waals surface area contributed by atoms with Gasteiger partial charge >= 0.3 is 0 Å². The zero-order valence-corrected chi connectivity index (χ0v) is 16.5. The number of fused-ring (bicyclic) bond motifs is 1. The fourth-order valence-electron chi connectivity index (χ4n) is 4.16. The minimum Gasteiger partial charge on any atom is -0.354 e. The highest BCUT2D eigenvalue weighted by atomic mass is 15.3. The first kappa shape index (κ1) is 17.9. The fraction of sp³-hybridized carbons (Fsp3) is 0.192. The lowest BCUT2D eigenvalue weighted by atomic mass is 10.0. The molecule has 0 N–H and O–H groups in total. The van der Waals surface area contributed by atoms with Gasteiger partial charge in [-0.15, -0.1) is 0 Å². The highest BCUT2D eigenvalue weighted by Crippen LogP contribution is 2.31. The van der Waals surface area contributed by atoms with Gasteiger partial charge in [-0.25, -0.2) is 4.98 Å². The fourth-order valence-corrected chi connectivity index (χ4v) is 4.16. The first-order chi connectivity index (χ1) is 14.4. The van der Waals surface area contributed by atoms with Crippen LogP contribution in [-0.4, -0.2) is 36.1 Å². The number of pyridine rings is 1. The topological polar surface area (TPSA) is 19.4 Å². The van der Waals surface area contributed by atoms with Gasteiger partial charge in [0.15, 0.2) is 0 Å². The summed E-state index contributed by atoms with van der Waals surface area (Å²) in [6, 6.07) is 32.1. The molecule has 3 heteroatoms. The molecule has 2 heterocycles. The average Bonchev–Trinajstić information content (AvgIpc) is 2.80. The van der Waals surface area contributed by atoms with Gasteiger partial charge in [-0.2, -0.15) is 0 Å². The second-order valence-corrected chi connectivity index (χ2v) is 7.66. The van der Waals surface area contributed by atoms with Gasteiger partial charge in [-0.05, 0) is 28.8 Å². The summed E-state index contributed by atoms with van der Waals surface area (Å²) in [7, 11) is 0. The lowest BCUT2D eigenvalue weighted by Gasteiger charge is -2.35. The van der Waals surface area contributed by atoms with Gasteiger partial charge in [0.1, 0.15) is 5.82 Å². The van der Waals surface area contributed by atoms with Gasteiger partial charge in [0.05, 0.1) is 5.52 Å². The summed E-state index contributed by atoms with van der Waals surface area (Å²) in [6.07, 6.45) is 0. The average molecular weight is 380 g/mol. The molecular weight excluding hydrogens is 354 g/mol. The molecule has 1 fully saturated rings. The standard InChI is InChI=1S/C26H25N3/c1-3-9-21(10-4-1)20-28-15-17-29(18-16-28)26-19-24(22-11-5-2-6-12-22)23-13-7-8-14-25(23)27-26/h1-14,19H,15-18,20H2. The largest absolute Gasteiger partial charge is 0.354 e. The Balaban J connectivity index is 1.40. The smallest absolute Gasteiger partial charge is 0.129 e. The molecule has 0 atom stereocenters. The number of benzene rings is 3. The highest BCUT2D eigenvalue weighted by Gasteiger charge is 2.19. The van der Waals surface area contributed by atoms with Gasteiger partial charge < -0.3 is 4.90 Å². The van der Waals surface area contributed by atoms with E-state index in [0.29, 0.717) is 0 Å². The molecule has 3 aromatic carbocycles. The molecule has 29 heavy (non-hydrogen) atoms. The van der Waals surface area contributed by atoms with E-state index in [1.54, 1.807) is 0 Å². The van der Waals surface area contributed by atoms with Gasteiger partial charge in [0.2, 0.25) is 0 Å². The Kier molecular flexibility index (Phi) is 4.97. The predicted molar refractivity (Wildman–Crippen MR) is 121 cm³/mol. The van der Waals surface area contributed by atoms with Crippen LogP contribution in [-0.2, 0) is 6.54 Å². The molecule has 0 unspecified atom stereocenters. The maximum Gasteiger partial charge on any atom is 0.129 e. The van der Waals surface area contributed by atoms with Crippen molar-refractivity contribution in [3.8, 4) is 11.1 Å². The minimum absolute atomic E-state index is 1.01. The number of hydrogen-bond donors (Lipinski definition) is 0. The number of piperazine rings is 1. The van der Waals surface area contributed by atoms with Crippen molar-refractivity contribution < 1.29 is 0 Å². The van der Waals surface area contributed by atoms with Crippen molar-refractivity contribution in [2.75, 3.05) is 31.1 Å². The quantitative estimate of drug-likeness (QED) is 0.484. The van der Waals surface area contributed by atoms with Crippen molar-refractivity contribution in [3.63, 3.8) is 0 Å². The monoisotopic (exact) mass is 379 g/mol. The van der Waals surface area contributed by atoms with Crippen molar-refractivity contribution in [1.29, 1.82) is 0 Å². The summed E-state index contributed by atoms with van der Waals surface area (Å²) in [5, 5.41) is 1.21. The number of para-hydroxylation sites is 1. The van der Waals surface area contributed by atoms with Crippen LogP contribution in [0, 0.1) is 0 Å². The van der Waals surface area contributed by atoms with Gasteiger partial charge in [-0.1, -0.05) is 78.9 Å². The Morgan fingerprint density at radius 1 is 0.690 bits per heavy atom. The number of hydrogen-bond acceptors (Lipinski definition) is 3. The van der Waals surface area contributed by atoms with Crippen LogP contribution in [0.15, 0.2) is 91.0 Å². The lowest BCUT2D eigenvalue weighted by Crippen LogP contribution is -2.46. The molecule has 1 aliphatic rings. The molecule has 1 aliphatic heterocycles. The van der Waals surface area contributed by atoms with E-state index in [0.717, 1.165) is 44.1 Å². The van der Waals surface area contributed by atoms with Crippen LogP contribution in [0.5, 0.6) is 0 Å². The summed E-state index contributed by atoms with van der Waals surface area (Å²) in [5.41, 5.74) is 4.96. The molecule has 144 valence electrons. The predicted octanol–water partition coefficient (Wildman–Crippen LogP) is 5.22. The van der Waals surface area contributed by atoms with E-state index in [4.69, 9.17) is 4.98 Å². The molecule has 0 radical (unpaired) electrons. The summed E-state index contributed by atoms with van der Waals surface area (Å²) < 4.78 is 0. The summed E-state index contributed by atoms with van der Waals surface area (Å²) >= 11 is 0. The third kappa shape index (κ3) is 3.87. The van der Waals surface area contributed by atoms with E-state index < -0.39 is 0 Å². The molecule has 5 rings (SSSR count). The molecule has 0 bridgehead atoms. The van der Waals surface area contributed by atoms with E-state index >= 15 is 0 Å². The van der Waals surface area contributed by atoms with Crippen LogP contribution in [0.2, 0.25) is 0 Å². The van der Waals surface area contributed by atoms with E-state index in [9.17, 15) is 0 Å². The van der Waals surface area contributed by atoms with E-state index in [1.165, 1.54) is 22.1 Å². The van der Waals surface area contributed by atoms with Crippen LogP contribution < -0.4 is 4.90 Å². The molecule has 0 aliphatic carbocycles. The summed E-state index contributed by atoms with van der Waals surface area (Å²) in [6.45, 7) is 5.15. The van der Waals surface area contributed by atoms with Crippen LogP contribution in [0.3, 0.4) is 0 Å². The maximum absolute atomic E-state index is 5.00. The van der Waals surface area contributed by atoms with Crippen molar-refractivity contribution in [1.82, 2.24) is 9.88 Å². The molecule has 4 aromatic rings. The first-order valence-corrected chi connectivity index (χ1v) is 10.3. The Morgan fingerprint density at radius 3 is 2.10 bits per heavy atom. The molecule has 0 amide bonds. The van der Waals surface area contributed by atoms with Crippen molar-refractivity contribution in [2.45, 2.75) is 6.54 Å². The Morgan fingerprint density at radius 2 is 1.34 bits per heavy atom. The minimum atomic E-state index is 1.01. The maximum atomic E-state index is 5.00. The molecule has 3 nitrogen and oxygen atoms in total. The van der Waals surface area contributed by atoms with Crippen molar-refractivity contribution >= 4 is 16.7 Å². The van der Waals surface area contributed by atoms with Crippen LogP contribution >= 0.6 is 0 Å². The molecule has 0 spiro atoms. The SMILES string of the molecule is c1ccc(CN2CCN(c3cc(-c4ccccc4)c4ccccc4n3)CC2)cc1. The summed E-state index contributed by atoms with van der Waals surface area (Å²) in [5.74, 6) is 1.09. The van der Waals surface area contributed by atoms with Crippen LogP contribution in [0.25, 0.3) is 22.0 Å². The molecular formula is C26H25N3. The van der Waals surface area contributed by atoms with Crippen LogP contribution in [0.4, 0.5) is 5.82 Å². The van der Waals surface area contributed by atoms with Gasteiger partial charge in [0, 0.05) is 38.1 Å². The second-order valence-electron chi connectivity index (χ2n) is 7.66. The number of aromatic nitrogens is 1. The Bertz CT molecular complexity index is 1080. The molecule has 0 saturated carbocycles. The zero-order valence-electron chi connectivity index (χ0n) is 16.5. The van der Waals surface area contributed by atoms with E-state index in [-0.39, 0.29) is 0 Å². The second kappa shape index (κ2) is 8.06. The Labute approximate surface area is 172 Å². The normalized spacial score (nSPS) is 15.0. The molecule has 1 aromatic heterocycles. The number of nitrogens with zero attached hydrogens (tertiary/aromatic N) is 3. The van der Waals surface area contributed by atoms with Crippen molar-refractivity contribution in [2.24, 2.45) is 0 Å².